The van der Waals surface area contributed by atoms with Crippen LogP contribution in [-0.2, 0) is 4.74 Å². The number of unbranched alkanes of at least 4 members (excludes halogenated alkanes) is 4. The molecule has 1 atom stereocenters. The second-order valence-electron chi connectivity index (χ2n) is 3.31. The summed E-state index contributed by atoms with van der Waals surface area (Å²) in [6.45, 7) is 1.01. The van der Waals surface area contributed by atoms with Gasteiger partial charge in [0.15, 0.2) is 0 Å². The predicted octanol–water partition coefficient (Wildman–Crippen LogP) is 3.48. The van der Waals surface area contributed by atoms with E-state index in [9.17, 15) is 0 Å². The topological polar surface area (TPSA) is 12.5 Å². The van der Waals surface area contributed by atoms with Gasteiger partial charge < -0.3 is 4.74 Å². The fourth-order valence-electron chi connectivity index (χ4n) is 1.29. The van der Waals surface area contributed by atoms with E-state index >= 15 is 0 Å². The Hall–Kier alpha value is -0.0100. The van der Waals surface area contributed by atoms with Crippen molar-refractivity contribution in [3.8, 4) is 0 Å². The van der Waals surface area contributed by atoms with Crippen molar-refractivity contribution in [1.82, 2.24) is 0 Å². The van der Waals surface area contributed by atoms with E-state index in [1.54, 1.807) is 5.54 Å². The molecule has 1 rings (SSSR count). The number of hydrogen-bond acceptors (Lipinski definition) is 1. The van der Waals surface area contributed by atoms with Crippen LogP contribution in [0.2, 0.25) is 0 Å². The number of rotatable bonds is 7. The molecule has 1 saturated heterocycles. The van der Waals surface area contributed by atoms with E-state index in [1.807, 2.05) is 6.08 Å². The summed E-state index contributed by atoms with van der Waals surface area (Å²) < 4.78 is 5.12. The van der Waals surface area contributed by atoms with Crippen LogP contribution in [0.3, 0.4) is 0 Å². The molecule has 1 aliphatic heterocycles. The highest BCUT2D eigenvalue weighted by atomic mass is 35.5. The summed E-state index contributed by atoms with van der Waals surface area (Å²) >= 11 is 5.39. The molecule has 0 aromatic heterocycles. The van der Waals surface area contributed by atoms with Gasteiger partial charge in [0.2, 0.25) is 0 Å². The Labute approximate surface area is 79.7 Å². The molecule has 0 bridgehead atoms. The monoisotopic (exact) mass is 188 g/mol. The SMILES string of the molecule is Cl/C=C\CCCCCCC1CO1. The first-order valence-corrected chi connectivity index (χ1v) is 5.24. The van der Waals surface area contributed by atoms with Crippen molar-refractivity contribution in [1.29, 1.82) is 0 Å². The van der Waals surface area contributed by atoms with Crippen molar-refractivity contribution < 1.29 is 4.74 Å². The molecule has 1 heterocycles. The first-order chi connectivity index (χ1) is 5.93. The molecule has 1 nitrogen and oxygen atoms in total. The van der Waals surface area contributed by atoms with E-state index < -0.39 is 0 Å². The molecule has 0 radical (unpaired) electrons. The molecule has 2 heteroatoms. The van der Waals surface area contributed by atoms with Crippen LogP contribution in [0, 0.1) is 0 Å². The van der Waals surface area contributed by atoms with Crippen molar-refractivity contribution in [3.05, 3.63) is 11.6 Å². The highest BCUT2D eigenvalue weighted by Gasteiger charge is 2.20. The standard InChI is InChI=1S/C10H17ClO/c11-8-6-4-2-1-3-5-7-10-9-12-10/h6,8,10H,1-5,7,9H2/b8-6-. The summed E-state index contributed by atoms with van der Waals surface area (Å²) in [4.78, 5) is 0. The van der Waals surface area contributed by atoms with E-state index in [1.165, 1.54) is 32.1 Å². The molecule has 70 valence electrons. The molecule has 12 heavy (non-hydrogen) atoms. The summed E-state index contributed by atoms with van der Waals surface area (Å²) in [5.41, 5.74) is 1.61. The molecule has 0 aliphatic carbocycles. The molecule has 0 N–H and O–H groups in total. The minimum atomic E-state index is 0.618. The Morgan fingerprint density at radius 3 is 2.67 bits per heavy atom. The largest absolute Gasteiger partial charge is 0.373 e. The maximum absolute atomic E-state index is 5.39. The molecule has 0 saturated carbocycles. The lowest BCUT2D eigenvalue weighted by atomic mass is 10.1. The Balaban J connectivity index is 1.70. The lowest BCUT2D eigenvalue weighted by Crippen LogP contribution is -1.85. The van der Waals surface area contributed by atoms with Gasteiger partial charge in [0.1, 0.15) is 0 Å². The first-order valence-electron chi connectivity index (χ1n) is 4.80. The maximum Gasteiger partial charge on any atom is 0.0810 e. The highest BCUT2D eigenvalue weighted by molar-refractivity contribution is 6.25. The van der Waals surface area contributed by atoms with Crippen LogP contribution in [0.5, 0.6) is 0 Å². The van der Waals surface area contributed by atoms with Gasteiger partial charge in [-0.2, -0.15) is 0 Å². The number of halogens is 1. The average molecular weight is 189 g/mol. The van der Waals surface area contributed by atoms with Crippen LogP contribution >= 0.6 is 11.6 Å². The second-order valence-corrected chi connectivity index (χ2v) is 3.56. The van der Waals surface area contributed by atoms with Gasteiger partial charge in [-0.3, -0.25) is 0 Å². The van der Waals surface area contributed by atoms with Crippen molar-refractivity contribution in [2.45, 2.75) is 44.6 Å². The van der Waals surface area contributed by atoms with Crippen molar-refractivity contribution in [3.63, 3.8) is 0 Å². The highest BCUT2D eigenvalue weighted by Crippen LogP contribution is 2.17. The summed E-state index contributed by atoms with van der Waals surface area (Å²) in [5.74, 6) is 0. The minimum absolute atomic E-state index is 0.618. The van der Waals surface area contributed by atoms with E-state index in [0.29, 0.717) is 6.10 Å². The number of allylic oxidation sites excluding steroid dienone is 1. The zero-order chi connectivity index (χ0) is 8.65. The molecular weight excluding hydrogens is 172 g/mol. The van der Waals surface area contributed by atoms with E-state index in [4.69, 9.17) is 16.3 Å². The Kier molecular flexibility index (Phi) is 5.46. The third-order valence-electron chi connectivity index (χ3n) is 2.14. The van der Waals surface area contributed by atoms with Gasteiger partial charge in [0.05, 0.1) is 12.7 Å². The second kappa shape index (κ2) is 6.50. The summed E-state index contributed by atoms with van der Waals surface area (Å²) in [7, 11) is 0. The quantitative estimate of drug-likeness (QED) is 0.440. The van der Waals surface area contributed by atoms with E-state index in [0.717, 1.165) is 13.0 Å². The van der Waals surface area contributed by atoms with Crippen molar-refractivity contribution in [2.75, 3.05) is 6.61 Å². The van der Waals surface area contributed by atoms with Crippen LogP contribution in [0.25, 0.3) is 0 Å². The Morgan fingerprint density at radius 1 is 1.25 bits per heavy atom. The van der Waals surface area contributed by atoms with Crippen LogP contribution in [0.15, 0.2) is 11.6 Å². The van der Waals surface area contributed by atoms with Gasteiger partial charge in [0.25, 0.3) is 0 Å². The molecule has 1 fully saturated rings. The average Bonchev–Trinajstić information content (AvgIpc) is 2.87. The fraction of sp³-hybridized carbons (Fsp3) is 0.800. The van der Waals surface area contributed by atoms with E-state index in [-0.39, 0.29) is 0 Å². The molecule has 0 aromatic rings. The van der Waals surface area contributed by atoms with Crippen molar-refractivity contribution in [2.24, 2.45) is 0 Å². The lowest BCUT2D eigenvalue weighted by molar-refractivity contribution is 0.388. The van der Waals surface area contributed by atoms with Crippen molar-refractivity contribution >= 4 is 11.6 Å². The molecule has 0 amide bonds. The fourth-order valence-corrected chi connectivity index (χ4v) is 1.41. The third-order valence-corrected chi connectivity index (χ3v) is 2.32. The van der Waals surface area contributed by atoms with Crippen LogP contribution in [0.4, 0.5) is 0 Å². The molecule has 1 unspecified atom stereocenters. The van der Waals surface area contributed by atoms with Crippen LogP contribution in [-0.4, -0.2) is 12.7 Å². The zero-order valence-electron chi connectivity index (χ0n) is 7.47. The number of epoxide rings is 1. The number of ether oxygens (including phenoxy) is 1. The molecule has 1 aliphatic rings. The third kappa shape index (κ3) is 5.62. The van der Waals surface area contributed by atoms with Gasteiger partial charge >= 0.3 is 0 Å². The zero-order valence-corrected chi connectivity index (χ0v) is 8.22. The van der Waals surface area contributed by atoms with Gasteiger partial charge in [-0.25, -0.2) is 0 Å². The molecule has 0 spiro atoms. The predicted molar refractivity (Wildman–Crippen MR) is 52.4 cm³/mol. The smallest absolute Gasteiger partial charge is 0.0810 e. The van der Waals surface area contributed by atoms with Gasteiger partial charge in [0, 0.05) is 5.54 Å². The maximum atomic E-state index is 5.39. The van der Waals surface area contributed by atoms with Crippen LogP contribution < -0.4 is 0 Å². The Bertz CT molecular complexity index is 130. The molecular formula is C10H17ClO. The van der Waals surface area contributed by atoms with Gasteiger partial charge in [-0.15, -0.1) is 0 Å². The normalized spacial score (nSPS) is 21.9. The first kappa shape index (κ1) is 10.1. The molecule has 0 aromatic carbocycles. The van der Waals surface area contributed by atoms with Crippen LogP contribution in [0.1, 0.15) is 38.5 Å². The summed E-state index contributed by atoms with van der Waals surface area (Å²) in [6.07, 6.45) is 10.3. The Morgan fingerprint density at radius 2 is 2.00 bits per heavy atom. The minimum Gasteiger partial charge on any atom is -0.373 e. The lowest BCUT2D eigenvalue weighted by Gasteiger charge is -1.96. The number of hydrogen-bond donors (Lipinski definition) is 0. The van der Waals surface area contributed by atoms with Gasteiger partial charge in [-0.1, -0.05) is 36.9 Å². The summed E-state index contributed by atoms with van der Waals surface area (Å²) in [5, 5.41) is 0. The van der Waals surface area contributed by atoms with Gasteiger partial charge in [-0.05, 0) is 19.3 Å². The summed E-state index contributed by atoms with van der Waals surface area (Å²) in [6, 6.07) is 0. The van der Waals surface area contributed by atoms with E-state index in [2.05, 4.69) is 0 Å².